The van der Waals surface area contributed by atoms with Crippen LogP contribution < -0.4 is 4.74 Å². The van der Waals surface area contributed by atoms with Gasteiger partial charge in [0.1, 0.15) is 5.75 Å². The van der Waals surface area contributed by atoms with Gasteiger partial charge in [-0.2, -0.15) is 9.57 Å². The van der Waals surface area contributed by atoms with Crippen molar-refractivity contribution in [3.05, 3.63) is 24.3 Å². The Kier molecular flexibility index (Phi) is 6.26. The number of sulfonamides is 1. The Morgan fingerprint density at radius 2 is 1.72 bits per heavy atom. The number of hydrogen-bond acceptors (Lipinski definition) is 5. The first-order chi connectivity index (χ1) is 11.7. The molecule has 1 aliphatic rings. The topological polar surface area (TPSA) is 73.6 Å². The lowest BCUT2D eigenvalue weighted by molar-refractivity contribution is -0.274. The fourth-order valence-electron chi connectivity index (χ4n) is 2.54. The number of piperazine rings is 1. The van der Waals surface area contributed by atoms with Crippen molar-refractivity contribution in [1.29, 1.82) is 5.26 Å². The molecule has 0 radical (unpaired) electrons. The van der Waals surface area contributed by atoms with Gasteiger partial charge in [0.2, 0.25) is 10.0 Å². The second-order valence-corrected chi connectivity index (χ2v) is 7.46. The van der Waals surface area contributed by atoms with Crippen LogP contribution in [0.15, 0.2) is 29.2 Å². The first kappa shape index (κ1) is 19.5. The van der Waals surface area contributed by atoms with E-state index in [1.54, 1.807) is 0 Å². The Labute approximate surface area is 144 Å². The first-order valence-corrected chi connectivity index (χ1v) is 9.11. The molecular formula is C15H18F3N3O3S. The number of alkyl halides is 3. The van der Waals surface area contributed by atoms with Gasteiger partial charge in [-0.3, -0.25) is 0 Å². The number of nitrogens with zero attached hydrogens (tertiary/aromatic N) is 3. The van der Waals surface area contributed by atoms with Gasteiger partial charge in [0.15, 0.2) is 0 Å². The molecule has 0 bridgehead atoms. The fourth-order valence-corrected chi connectivity index (χ4v) is 3.96. The van der Waals surface area contributed by atoms with E-state index in [0.29, 0.717) is 32.6 Å². The van der Waals surface area contributed by atoms with Crippen LogP contribution in [0, 0.1) is 11.3 Å². The predicted octanol–water partition coefficient (Wildman–Crippen LogP) is 2.20. The van der Waals surface area contributed by atoms with Gasteiger partial charge in [0, 0.05) is 32.6 Å². The molecule has 0 aromatic heterocycles. The lowest BCUT2D eigenvalue weighted by Gasteiger charge is -2.33. The van der Waals surface area contributed by atoms with Crippen LogP contribution in [0.1, 0.15) is 12.8 Å². The molecule has 138 valence electrons. The van der Waals surface area contributed by atoms with Gasteiger partial charge in [0.25, 0.3) is 0 Å². The highest BCUT2D eigenvalue weighted by Crippen LogP contribution is 2.25. The molecule has 25 heavy (non-hydrogen) atoms. The summed E-state index contributed by atoms with van der Waals surface area (Å²) in [6.45, 7) is 2.45. The van der Waals surface area contributed by atoms with Crippen LogP contribution >= 0.6 is 0 Å². The van der Waals surface area contributed by atoms with Crippen molar-refractivity contribution in [2.75, 3.05) is 32.7 Å². The Morgan fingerprint density at radius 3 is 2.24 bits per heavy atom. The molecule has 1 saturated heterocycles. The zero-order valence-corrected chi connectivity index (χ0v) is 14.2. The molecule has 0 amide bonds. The molecule has 0 atom stereocenters. The number of benzene rings is 1. The van der Waals surface area contributed by atoms with Crippen LogP contribution in [0.4, 0.5) is 13.2 Å². The maximum Gasteiger partial charge on any atom is 0.573 e. The maximum atomic E-state index is 12.6. The van der Waals surface area contributed by atoms with Gasteiger partial charge < -0.3 is 9.64 Å². The monoisotopic (exact) mass is 377 g/mol. The summed E-state index contributed by atoms with van der Waals surface area (Å²) in [5.41, 5.74) is 0. The molecule has 1 aliphatic heterocycles. The second-order valence-electron chi connectivity index (χ2n) is 5.53. The Balaban J connectivity index is 1.97. The van der Waals surface area contributed by atoms with Crippen LogP contribution in [0.3, 0.4) is 0 Å². The third-order valence-corrected chi connectivity index (χ3v) is 5.70. The Bertz CT molecular complexity index is 706. The summed E-state index contributed by atoms with van der Waals surface area (Å²) in [5.74, 6) is -0.464. The summed E-state index contributed by atoms with van der Waals surface area (Å²) < 4.78 is 66.6. The van der Waals surface area contributed by atoms with E-state index in [-0.39, 0.29) is 4.90 Å². The number of ether oxygens (including phenoxy) is 1. The molecule has 1 aromatic carbocycles. The summed E-state index contributed by atoms with van der Waals surface area (Å²) >= 11 is 0. The molecule has 0 spiro atoms. The standard InChI is InChI=1S/C15H18F3N3O3S/c16-15(17,18)24-13-3-5-14(6-4-13)25(22,23)21-11-9-20(10-12-21)8-2-1-7-19/h3-6H,1-2,8-12H2. The molecule has 0 saturated carbocycles. The van der Waals surface area contributed by atoms with Crippen molar-refractivity contribution >= 4 is 10.0 Å². The van der Waals surface area contributed by atoms with E-state index in [1.807, 2.05) is 0 Å². The van der Waals surface area contributed by atoms with E-state index in [0.717, 1.165) is 37.2 Å². The van der Waals surface area contributed by atoms with Gasteiger partial charge >= 0.3 is 6.36 Å². The van der Waals surface area contributed by atoms with Crippen LogP contribution in [0.2, 0.25) is 0 Å². The maximum absolute atomic E-state index is 12.6. The van der Waals surface area contributed by atoms with Crippen molar-refractivity contribution in [3.63, 3.8) is 0 Å². The van der Waals surface area contributed by atoms with Gasteiger partial charge in [0.05, 0.1) is 11.0 Å². The molecule has 0 aliphatic carbocycles. The van der Waals surface area contributed by atoms with Crippen molar-refractivity contribution in [1.82, 2.24) is 9.21 Å². The van der Waals surface area contributed by atoms with Gasteiger partial charge in [-0.15, -0.1) is 13.2 Å². The van der Waals surface area contributed by atoms with E-state index >= 15 is 0 Å². The van der Waals surface area contributed by atoms with Gasteiger partial charge in [-0.25, -0.2) is 8.42 Å². The highest BCUT2D eigenvalue weighted by atomic mass is 32.2. The van der Waals surface area contributed by atoms with Gasteiger partial charge in [-0.1, -0.05) is 0 Å². The van der Waals surface area contributed by atoms with E-state index in [2.05, 4.69) is 15.7 Å². The summed E-state index contributed by atoms with van der Waals surface area (Å²) in [5, 5.41) is 8.53. The molecule has 0 N–H and O–H groups in total. The number of unbranched alkanes of at least 4 members (excludes halogenated alkanes) is 1. The summed E-state index contributed by atoms with van der Waals surface area (Å²) in [7, 11) is -3.75. The molecule has 1 aromatic rings. The van der Waals surface area contributed by atoms with E-state index in [4.69, 9.17) is 5.26 Å². The van der Waals surface area contributed by atoms with Gasteiger partial charge in [-0.05, 0) is 37.2 Å². The van der Waals surface area contributed by atoms with Crippen molar-refractivity contribution in [2.24, 2.45) is 0 Å². The third kappa shape index (κ3) is 5.59. The second kappa shape index (κ2) is 8.03. The molecular weight excluding hydrogens is 359 g/mol. The minimum absolute atomic E-state index is 0.0695. The number of hydrogen-bond donors (Lipinski definition) is 0. The molecule has 10 heteroatoms. The summed E-state index contributed by atoms with van der Waals surface area (Å²) in [6, 6.07) is 6.25. The Morgan fingerprint density at radius 1 is 1.12 bits per heavy atom. The highest BCUT2D eigenvalue weighted by molar-refractivity contribution is 7.89. The summed E-state index contributed by atoms with van der Waals surface area (Å²) in [4.78, 5) is 2.02. The zero-order valence-electron chi connectivity index (χ0n) is 13.4. The normalized spacial score (nSPS) is 17.2. The minimum Gasteiger partial charge on any atom is -0.406 e. The van der Waals surface area contributed by atoms with E-state index in [9.17, 15) is 21.6 Å². The van der Waals surface area contributed by atoms with E-state index < -0.39 is 22.1 Å². The van der Waals surface area contributed by atoms with Crippen molar-refractivity contribution in [3.8, 4) is 11.8 Å². The lowest BCUT2D eigenvalue weighted by atomic mass is 10.3. The largest absolute Gasteiger partial charge is 0.573 e. The smallest absolute Gasteiger partial charge is 0.406 e. The molecule has 2 rings (SSSR count). The minimum atomic E-state index is -4.82. The quantitative estimate of drug-likeness (QED) is 0.711. The molecule has 1 heterocycles. The lowest BCUT2D eigenvalue weighted by Crippen LogP contribution is -2.48. The summed E-state index contributed by atoms with van der Waals surface area (Å²) in [6.07, 6.45) is -3.61. The molecule has 6 nitrogen and oxygen atoms in total. The molecule has 0 unspecified atom stereocenters. The van der Waals surface area contributed by atoms with Crippen molar-refractivity contribution in [2.45, 2.75) is 24.1 Å². The fraction of sp³-hybridized carbons (Fsp3) is 0.533. The van der Waals surface area contributed by atoms with Crippen LogP contribution in [0.25, 0.3) is 0 Å². The first-order valence-electron chi connectivity index (χ1n) is 7.67. The van der Waals surface area contributed by atoms with Crippen LogP contribution in [-0.4, -0.2) is 56.7 Å². The predicted molar refractivity (Wildman–Crippen MR) is 83.2 cm³/mol. The number of nitriles is 1. The molecule has 1 fully saturated rings. The number of rotatable bonds is 6. The van der Waals surface area contributed by atoms with Crippen LogP contribution in [0.5, 0.6) is 5.75 Å². The average molecular weight is 377 g/mol. The Hall–Kier alpha value is -1.83. The van der Waals surface area contributed by atoms with E-state index in [1.165, 1.54) is 4.31 Å². The number of halogens is 3. The third-order valence-electron chi connectivity index (χ3n) is 3.79. The zero-order chi connectivity index (χ0) is 18.5. The average Bonchev–Trinajstić information content (AvgIpc) is 2.55. The van der Waals surface area contributed by atoms with Crippen molar-refractivity contribution < 1.29 is 26.3 Å². The highest BCUT2D eigenvalue weighted by Gasteiger charge is 2.32. The van der Waals surface area contributed by atoms with Crippen LogP contribution in [-0.2, 0) is 10.0 Å². The SMILES string of the molecule is N#CCCCN1CCN(S(=O)(=O)c2ccc(OC(F)(F)F)cc2)CC1.